The number of rotatable bonds is 2. The first-order chi connectivity index (χ1) is 7.72. The largest absolute Gasteiger partial charge is 0.466 e. The molecule has 2 atom stereocenters. The fraction of sp³-hybridized carbons (Fsp3) is 0.417. The lowest BCUT2D eigenvalue weighted by Gasteiger charge is -2.27. The number of aliphatic hydroxyl groups is 1. The number of hydrogen-bond acceptors (Lipinski definition) is 4. The van der Waals surface area contributed by atoms with Gasteiger partial charge in [-0.05, 0) is 13.0 Å². The normalized spacial score (nSPS) is 23.1. The van der Waals surface area contributed by atoms with Crippen LogP contribution >= 0.6 is 0 Å². The highest BCUT2D eigenvalue weighted by Crippen LogP contribution is 2.36. The van der Waals surface area contributed by atoms with Gasteiger partial charge in [-0.3, -0.25) is 4.79 Å². The Morgan fingerprint density at radius 3 is 3.06 bits per heavy atom. The van der Waals surface area contributed by atoms with Crippen molar-refractivity contribution < 1.29 is 19.4 Å². The second kappa shape index (κ2) is 4.53. The summed E-state index contributed by atoms with van der Waals surface area (Å²) in [5.74, 6) is -0.184. The number of hydrogen-bond donors (Lipinski definition) is 1. The summed E-state index contributed by atoms with van der Waals surface area (Å²) in [6.07, 6.45) is -0.695. The van der Waals surface area contributed by atoms with E-state index in [1.807, 2.05) is 12.1 Å². The lowest BCUT2D eigenvalue weighted by molar-refractivity contribution is -0.148. The van der Waals surface area contributed by atoms with Crippen LogP contribution < -0.4 is 4.74 Å². The average Bonchev–Trinajstić information content (AvgIpc) is 2.28. The number of carbonyl (C=O) groups excluding carboxylic acids is 1. The van der Waals surface area contributed by atoms with Crippen molar-refractivity contribution in [3.8, 4) is 5.75 Å². The SMILES string of the molecule is CCOC(=O)C1CC(O)Oc2ccccc21. The van der Waals surface area contributed by atoms with Gasteiger partial charge in [-0.1, -0.05) is 18.2 Å². The van der Waals surface area contributed by atoms with E-state index in [-0.39, 0.29) is 12.4 Å². The maximum absolute atomic E-state index is 11.7. The van der Waals surface area contributed by atoms with Gasteiger partial charge in [0.15, 0.2) is 6.29 Å². The van der Waals surface area contributed by atoms with Crippen molar-refractivity contribution in [3.63, 3.8) is 0 Å². The Morgan fingerprint density at radius 1 is 1.56 bits per heavy atom. The summed E-state index contributed by atoms with van der Waals surface area (Å²) < 4.78 is 10.2. The average molecular weight is 222 g/mol. The molecule has 0 aromatic heterocycles. The number of aliphatic hydroxyl groups excluding tert-OH is 1. The zero-order chi connectivity index (χ0) is 11.5. The van der Waals surface area contributed by atoms with Crippen molar-refractivity contribution in [2.45, 2.75) is 25.6 Å². The van der Waals surface area contributed by atoms with Gasteiger partial charge < -0.3 is 14.6 Å². The van der Waals surface area contributed by atoms with Crippen molar-refractivity contribution in [1.82, 2.24) is 0 Å². The van der Waals surface area contributed by atoms with Gasteiger partial charge >= 0.3 is 5.97 Å². The molecule has 0 fully saturated rings. The molecule has 4 heteroatoms. The predicted molar refractivity (Wildman–Crippen MR) is 57.1 cm³/mol. The highest BCUT2D eigenvalue weighted by molar-refractivity contribution is 5.79. The maximum atomic E-state index is 11.7. The highest BCUT2D eigenvalue weighted by atomic mass is 16.6. The lowest BCUT2D eigenvalue weighted by Crippen LogP contribution is -2.30. The summed E-state index contributed by atoms with van der Waals surface area (Å²) in [6.45, 7) is 2.11. The first-order valence-electron chi connectivity index (χ1n) is 5.32. The van der Waals surface area contributed by atoms with E-state index in [0.717, 1.165) is 5.56 Å². The third-order valence-corrected chi connectivity index (χ3v) is 2.57. The fourth-order valence-electron chi connectivity index (χ4n) is 1.87. The molecule has 4 nitrogen and oxygen atoms in total. The lowest BCUT2D eigenvalue weighted by atomic mass is 9.92. The quantitative estimate of drug-likeness (QED) is 0.769. The molecule has 86 valence electrons. The number of carbonyl (C=O) groups is 1. The minimum Gasteiger partial charge on any atom is -0.466 e. The zero-order valence-electron chi connectivity index (χ0n) is 9.05. The second-order valence-electron chi connectivity index (χ2n) is 3.65. The molecule has 1 aliphatic rings. The molecule has 1 N–H and O–H groups in total. The Hall–Kier alpha value is -1.55. The zero-order valence-corrected chi connectivity index (χ0v) is 9.05. The van der Waals surface area contributed by atoms with E-state index in [0.29, 0.717) is 12.4 Å². The van der Waals surface area contributed by atoms with Gasteiger partial charge in [0.1, 0.15) is 5.75 Å². The van der Waals surface area contributed by atoms with Crippen molar-refractivity contribution in [1.29, 1.82) is 0 Å². The van der Waals surface area contributed by atoms with Gasteiger partial charge in [0.05, 0.1) is 12.5 Å². The molecule has 0 saturated carbocycles. The number of esters is 1. The van der Waals surface area contributed by atoms with Crippen LogP contribution in [-0.2, 0) is 9.53 Å². The van der Waals surface area contributed by atoms with Crippen LogP contribution in [0.2, 0.25) is 0 Å². The molecule has 1 aliphatic heterocycles. The number of benzene rings is 1. The molecular weight excluding hydrogens is 208 g/mol. The van der Waals surface area contributed by atoms with Crippen molar-refractivity contribution >= 4 is 5.97 Å². The van der Waals surface area contributed by atoms with Crippen LogP contribution in [0.4, 0.5) is 0 Å². The van der Waals surface area contributed by atoms with Gasteiger partial charge in [0.2, 0.25) is 0 Å². The van der Waals surface area contributed by atoms with Gasteiger partial charge in [0, 0.05) is 12.0 Å². The monoisotopic (exact) mass is 222 g/mol. The number of fused-ring (bicyclic) bond motifs is 1. The van der Waals surface area contributed by atoms with Crippen molar-refractivity contribution in [2.24, 2.45) is 0 Å². The molecule has 0 saturated heterocycles. The second-order valence-corrected chi connectivity index (χ2v) is 3.65. The van der Waals surface area contributed by atoms with Crippen LogP contribution in [0.15, 0.2) is 24.3 Å². The molecule has 2 rings (SSSR count). The van der Waals surface area contributed by atoms with E-state index < -0.39 is 12.2 Å². The Bertz CT molecular complexity index is 388. The summed E-state index contributed by atoms with van der Waals surface area (Å²) in [7, 11) is 0. The smallest absolute Gasteiger partial charge is 0.313 e. The first-order valence-corrected chi connectivity index (χ1v) is 5.32. The van der Waals surface area contributed by atoms with Crippen LogP contribution in [0.3, 0.4) is 0 Å². The number of para-hydroxylation sites is 1. The van der Waals surface area contributed by atoms with E-state index in [1.54, 1.807) is 19.1 Å². The van der Waals surface area contributed by atoms with Gasteiger partial charge in [-0.25, -0.2) is 0 Å². The summed E-state index contributed by atoms with van der Waals surface area (Å²) in [5, 5.41) is 9.51. The first kappa shape index (κ1) is 11.0. The third kappa shape index (κ3) is 2.02. The van der Waals surface area contributed by atoms with Crippen LogP contribution in [0.5, 0.6) is 5.75 Å². The molecule has 0 bridgehead atoms. The minimum absolute atomic E-state index is 0.246. The van der Waals surface area contributed by atoms with Gasteiger partial charge in [0.25, 0.3) is 0 Å². The van der Waals surface area contributed by atoms with E-state index >= 15 is 0 Å². The highest BCUT2D eigenvalue weighted by Gasteiger charge is 2.32. The van der Waals surface area contributed by atoms with Crippen molar-refractivity contribution in [3.05, 3.63) is 29.8 Å². The van der Waals surface area contributed by atoms with E-state index in [1.165, 1.54) is 0 Å². The number of ether oxygens (including phenoxy) is 2. The molecular formula is C12H14O4. The Labute approximate surface area is 93.8 Å². The van der Waals surface area contributed by atoms with E-state index in [4.69, 9.17) is 9.47 Å². The summed E-state index contributed by atoms with van der Waals surface area (Å²) in [6, 6.07) is 7.21. The predicted octanol–water partition coefficient (Wildman–Crippen LogP) is 1.43. The Morgan fingerprint density at radius 2 is 2.31 bits per heavy atom. The molecule has 16 heavy (non-hydrogen) atoms. The fourth-order valence-corrected chi connectivity index (χ4v) is 1.87. The Balaban J connectivity index is 2.30. The molecule has 2 unspecified atom stereocenters. The standard InChI is InChI=1S/C12H14O4/c1-2-15-12(14)9-7-11(13)16-10-6-4-3-5-8(9)10/h3-6,9,11,13H,2,7H2,1H3. The molecule has 1 heterocycles. The van der Waals surface area contributed by atoms with Gasteiger partial charge in [-0.15, -0.1) is 0 Å². The molecule has 0 spiro atoms. The summed E-state index contributed by atoms with van der Waals surface area (Å²) in [4.78, 5) is 11.7. The third-order valence-electron chi connectivity index (χ3n) is 2.57. The van der Waals surface area contributed by atoms with Crippen molar-refractivity contribution in [2.75, 3.05) is 6.61 Å². The van der Waals surface area contributed by atoms with E-state index in [9.17, 15) is 9.90 Å². The maximum Gasteiger partial charge on any atom is 0.313 e. The van der Waals surface area contributed by atoms with Gasteiger partial charge in [-0.2, -0.15) is 0 Å². The van der Waals surface area contributed by atoms with E-state index in [2.05, 4.69) is 0 Å². The van der Waals surface area contributed by atoms with Crippen LogP contribution in [0, 0.1) is 0 Å². The summed E-state index contributed by atoms with van der Waals surface area (Å²) in [5.41, 5.74) is 0.784. The molecule has 0 amide bonds. The molecule has 1 aromatic rings. The van der Waals surface area contributed by atoms with Crippen LogP contribution in [0.1, 0.15) is 24.8 Å². The molecule has 0 aliphatic carbocycles. The van der Waals surface area contributed by atoms with Crippen LogP contribution in [0.25, 0.3) is 0 Å². The van der Waals surface area contributed by atoms with Crippen LogP contribution in [-0.4, -0.2) is 24.0 Å². The molecule has 1 aromatic carbocycles. The molecule has 0 radical (unpaired) electrons. The topological polar surface area (TPSA) is 55.8 Å². The summed E-state index contributed by atoms with van der Waals surface area (Å²) >= 11 is 0. The minimum atomic E-state index is -0.940. The Kier molecular flexibility index (Phi) is 3.10.